The number of para-hydroxylation sites is 1. The summed E-state index contributed by atoms with van der Waals surface area (Å²) in [6, 6.07) is 21.6. The van der Waals surface area contributed by atoms with Crippen molar-refractivity contribution >= 4 is 27.3 Å². The predicted octanol–water partition coefficient (Wildman–Crippen LogP) is 4.84. The molecule has 3 rings (SSSR count). The van der Waals surface area contributed by atoms with Crippen molar-refractivity contribution in [2.75, 3.05) is 22.5 Å². The lowest BCUT2D eigenvalue weighted by molar-refractivity contribution is -0.116. The molecule has 33 heavy (non-hydrogen) atoms. The van der Waals surface area contributed by atoms with Crippen LogP contribution in [0, 0.1) is 0 Å². The van der Waals surface area contributed by atoms with Gasteiger partial charge in [-0.25, -0.2) is 8.42 Å². The normalized spacial score (nSPS) is 11.8. The van der Waals surface area contributed by atoms with Crippen LogP contribution in [-0.4, -0.2) is 33.2 Å². The van der Waals surface area contributed by atoms with Gasteiger partial charge in [0.05, 0.1) is 11.9 Å². The molecule has 0 fully saturated rings. The fourth-order valence-corrected chi connectivity index (χ4v) is 4.33. The van der Waals surface area contributed by atoms with Gasteiger partial charge in [-0.15, -0.1) is 0 Å². The fraction of sp³-hybridized carbons (Fsp3) is 0.160. The Morgan fingerprint density at radius 3 is 2.27 bits per heavy atom. The third-order valence-corrected chi connectivity index (χ3v) is 5.87. The standard InChI is InChI=1S/C25H26N2O5S/c1-4-17-31-24-12-8-9-20(18-24)26-25(28)19(2)27(33(3,29)30)21-13-15-23(16-14-21)32-22-10-6-5-7-11-22/h4-16,18-19H,1,17H2,2-3H3,(H,26,28)/t19-/m0/s1. The van der Waals surface area contributed by atoms with Crippen LogP contribution < -0.4 is 19.1 Å². The van der Waals surface area contributed by atoms with Gasteiger partial charge < -0.3 is 14.8 Å². The lowest BCUT2D eigenvalue weighted by Crippen LogP contribution is -2.45. The highest BCUT2D eigenvalue weighted by atomic mass is 32.2. The molecule has 0 radical (unpaired) electrons. The summed E-state index contributed by atoms with van der Waals surface area (Å²) < 4.78 is 37.4. The molecule has 0 aliphatic rings. The monoisotopic (exact) mass is 466 g/mol. The van der Waals surface area contributed by atoms with Crippen molar-refractivity contribution < 1.29 is 22.7 Å². The molecule has 3 aromatic rings. The van der Waals surface area contributed by atoms with Gasteiger partial charge in [0.25, 0.3) is 0 Å². The van der Waals surface area contributed by atoms with E-state index in [1.54, 1.807) is 54.6 Å². The van der Waals surface area contributed by atoms with Crippen LogP contribution in [0.25, 0.3) is 0 Å². The van der Waals surface area contributed by atoms with E-state index >= 15 is 0 Å². The topological polar surface area (TPSA) is 84.9 Å². The van der Waals surface area contributed by atoms with Crippen molar-refractivity contribution in [1.29, 1.82) is 0 Å². The van der Waals surface area contributed by atoms with E-state index in [0.29, 0.717) is 35.2 Å². The Labute approximate surface area is 194 Å². The van der Waals surface area contributed by atoms with E-state index in [9.17, 15) is 13.2 Å². The number of nitrogens with one attached hydrogen (secondary N) is 1. The number of rotatable bonds is 10. The van der Waals surface area contributed by atoms with Crippen LogP contribution in [0.4, 0.5) is 11.4 Å². The Hall–Kier alpha value is -3.78. The summed E-state index contributed by atoms with van der Waals surface area (Å²) in [4.78, 5) is 12.9. The lowest BCUT2D eigenvalue weighted by Gasteiger charge is -2.28. The number of sulfonamides is 1. The van der Waals surface area contributed by atoms with Gasteiger partial charge in [-0.1, -0.05) is 36.9 Å². The SMILES string of the molecule is C=CCOc1cccc(NC(=O)[C@H](C)N(c2ccc(Oc3ccccc3)cc2)S(C)(=O)=O)c1. The van der Waals surface area contributed by atoms with E-state index in [4.69, 9.17) is 9.47 Å². The molecule has 0 saturated carbocycles. The average Bonchev–Trinajstić information content (AvgIpc) is 2.79. The maximum Gasteiger partial charge on any atom is 0.247 e. The second kappa shape index (κ2) is 10.7. The van der Waals surface area contributed by atoms with Gasteiger partial charge >= 0.3 is 0 Å². The highest BCUT2D eigenvalue weighted by Crippen LogP contribution is 2.27. The van der Waals surface area contributed by atoms with E-state index in [1.165, 1.54) is 6.92 Å². The zero-order valence-corrected chi connectivity index (χ0v) is 19.3. The number of hydrogen-bond donors (Lipinski definition) is 1. The summed E-state index contributed by atoms with van der Waals surface area (Å²) in [5, 5.41) is 2.75. The molecule has 0 saturated heterocycles. The predicted molar refractivity (Wildman–Crippen MR) is 131 cm³/mol. The second-order valence-corrected chi connectivity index (χ2v) is 9.12. The van der Waals surface area contributed by atoms with Crippen molar-refractivity contribution in [3.05, 3.63) is 91.5 Å². The molecule has 0 spiro atoms. The summed E-state index contributed by atoms with van der Waals surface area (Å²) in [5.41, 5.74) is 0.845. The number of ether oxygens (including phenoxy) is 2. The Balaban J connectivity index is 1.77. The first kappa shape index (κ1) is 23.9. The van der Waals surface area contributed by atoms with Crippen molar-refractivity contribution in [3.63, 3.8) is 0 Å². The van der Waals surface area contributed by atoms with Crippen molar-refractivity contribution in [2.24, 2.45) is 0 Å². The third-order valence-electron chi connectivity index (χ3n) is 4.63. The van der Waals surface area contributed by atoms with Gasteiger partial charge in [0.2, 0.25) is 15.9 Å². The second-order valence-electron chi connectivity index (χ2n) is 7.26. The number of nitrogens with zero attached hydrogens (tertiary/aromatic N) is 1. The van der Waals surface area contributed by atoms with Gasteiger partial charge in [-0.3, -0.25) is 9.10 Å². The molecule has 1 atom stereocenters. The molecule has 8 heteroatoms. The summed E-state index contributed by atoms with van der Waals surface area (Å²) in [6.07, 6.45) is 2.68. The molecule has 7 nitrogen and oxygen atoms in total. The van der Waals surface area contributed by atoms with Gasteiger partial charge in [0.1, 0.15) is 29.9 Å². The smallest absolute Gasteiger partial charge is 0.247 e. The van der Waals surface area contributed by atoms with E-state index in [1.807, 2.05) is 30.3 Å². The van der Waals surface area contributed by atoms with Gasteiger partial charge in [0, 0.05) is 11.8 Å². The van der Waals surface area contributed by atoms with Crippen LogP contribution in [0.2, 0.25) is 0 Å². The van der Waals surface area contributed by atoms with Gasteiger partial charge in [0.15, 0.2) is 0 Å². The minimum Gasteiger partial charge on any atom is -0.489 e. The first-order valence-electron chi connectivity index (χ1n) is 10.2. The number of anilines is 2. The highest BCUT2D eigenvalue weighted by molar-refractivity contribution is 7.92. The Morgan fingerprint density at radius 2 is 1.64 bits per heavy atom. The molecule has 0 heterocycles. The molecule has 1 N–H and O–H groups in total. The van der Waals surface area contributed by atoms with Crippen LogP contribution in [-0.2, 0) is 14.8 Å². The van der Waals surface area contributed by atoms with E-state index in [2.05, 4.69) is 11.9 Å². The minimum absolute atomic E-state index is 0.333. The molecule has 172 valence electrons. The van der Waals surface area contributed by atoms with Gasteiger partial charge in [-0.05, 0) is 55.5 Å². The molecule has 1 amide bonds. The molecule has 0 aliphatic heterocycles. The van der Waals surface area contributed by atoms with E-state index in [-0.39, 0.29) is 0 Å². The minimum atomic E-state index is -3.75. The van der Waals surface area contributed by atoms with Crippen LogP contribution >= 0.6 is 0 Å². The summed E-state index contributed by atoms with van der Waals surface area (Å²) in [6.45, 7) is 5.47. The van der Waals surface area contributed by atoms with Crippen molar-refractivity contribution in [2.45, 2.75) is 13.0 Å². The molecule has 0 aromatic heterocycles. The quantitative estimate of drug-likeness (QED) is 0.432. The molecular weight excluding hydrogens is 440 g/mol. The molecule has 0 bridgehead atoms. The number of amides is 1. The molecular formula is C25H26N2O5S. The van der Waals surface area contributed by atoms with Crippen molar-refractivity contribution in [1.82, 2.24) is 0 Å². The van der Waals surface area contributed by atoms with Gasteiger partial charge in [-0.2, -0.15) is 0 Å². The highest BCUT2D eigenvalue weighted by Gasteiger charge is 2.29. The first-order chi connectivity index (χ1) is 15.8. The molecule has 3 aromatic carbocycles. The Kier molecular flexibility index (Phi) is 7.74. The lowest BCUT2D eigenvalue weighted by atomic mass is 10.2. The zero-order valence-electron chi connectivity index (χ0n) is 18.5. The average molecular weight is 467 g/mol. The van der Waals surface area contributed by atoms with E-state index < -0.39 is 22.0 Å². The zero-order chi connectivity index (χ0) is 23.8. The van der Waals surface area contributed by atoms with Crippen molar-refractivity contribution in [3.8, 4) is 17.2 Å². The third kappa shape index (κ3) is 6.60. The van der Waals surface area contributed by atoms with Crippen LogP contribution in [0.5, 0.6) is 17.2 Å². The summed E-state index contributed by atoms with van der Waals surface area (Å²) in [5.74, 6) is 1.30. The van der Waals surface area contributed by atoms with Crippen LogP contribution in [0.1, 0.15) is 6.92 Å². The fourth-order valence-electron chi connectivity index (χ4n) is 3.16. The maximum absolute atomic E-state index is 12.9. The Morgan fingerprint density at radius 1 is 1.00 bits per heavy atom. The van der Waals surface area contributed by atoms with Crippen LogP contribution in [0.15, 0.2) is 91.5 Å². The number of hydrogen-bond acceptors (Lipinski definition) is 5. The first-order valence-corrected chi connectivity index (χ1v) is 12.1. The molecule has 0 unspecified atom stereocenters. The number of carbonyl (C=O) groups is 1. The number of carbonyl (C=O) groups excluding carboxylic acids is 1. The number of benzene rings is 3. The molecule has 0 aliphatic carbocycles. The maximum atomic E-state index is 12.9. The van der Waals surface area contributed by atoms with Crippen LogP contribution in [0.3, 0.4) is 0 Å². The van der Waals surface area contributed by atoms with E-state index in [0.717, 1.165) is 10.6 Å². The summed E-state index contributed by atoms with van der Waals surface area (Å²) >= 11 is 0. The summed E-state index contributed by atoms with van der Waals surface area (Å²) in [7, 11) is -3.75. The largest absolute Gasteiger partial charge is 0.489 e. The Bertz CT molecular complexity index is 1190.